The highest BCUT2D eigenvalue weighted by Crippen LogP contribution is 2.16. The fourth-order valence-electron chi connectivity index (χ4n) is 0.872. The summed E-state index contributed by atoms with van der Waals surface area (Å²) >= 11 is 5.64. The highest BCUT2D eigenvalue weighted by atomic mass is 35.5. The van der Waals surface area contributed by atoms with E-state index in [1.54, 1.807) is 19.1 Å². The van der Waals surface area contributed by atoms with E-state index in [0.717, 1.165) is 0 Å². The first-order chi connectivity index (χ1) is 6.65. The number of hydrogen-bond acceptors (Lipinski definition) is 3. The molecule has 0 bridgehead atoms. The van der Waals surface area contributed by atoms with Gasteiger partial charge in [-0.05, 0) is 31.2 Å². The molecule has 0 atom stereocenters. The first-order valence-corrected chi connectivity index (χ1v) is 4.44. The highest BCUT2D eigenvalue weighted by molar-refractivity contribution is 6.30. The fourth-order valence-corrected chi connectivity index (χ4v) is 0.998. The Labute approximate surface area is 86.6 Å². The van der Waals surface area contributed by atoms with Gasteiger partial charge in [-0.3, -0.25) is 5.21 Å². The van der Waals surface area contributed by atoms with Gasteiger partial charge < -0.3 is 4.74 Å². The molecule has 0 saturated carbocycles. The van der Waals surface area contributed by atoms with Crippen LogP contribution in [-0.2, 0) is 4.74 Å². The van der Waals surface area contributed by atoms with E-state index in [1.165, 1.54) is 12.1 Å². The second-order valence-electron chi connectivity index (χ2n) is 2.49. The molecule has 5 heteroatoms. The number of carbonyl (C=O) groups is 1. The summed E-state index contributed by atoms with van der Waals surface area (Å²) in [5.74, 6) is 0. The molecular formula is C9H10ClNO3. The molecule has 1 aromatic carbocycles. The third-order valence-electron chi connectivity index (χ3n) is 1.51. The Hall–Kier alpha value is -1.26. The van der Waals surface area contributed by atoms with Gasteiger partial charge in [0, 0.05) is 5.02 Å². The summed E-state index contributed by atoms with van der Waals surface area (Å²) in [6.45, 7) is 1.87. The fraction of sp³-hybridized carbons (Fsp3) is 0.222. The second kappa shape index (κ2) is 4.83. The van der Waals surface area contributed by atoms with Crippen LogP contribution in [0.2, 0.25) is 5.02 Å². The number of ether oxygens (including phenoxy) is 1. The maximum Gasteiger partial charge on any atom is 0.438 e. The number of rotatable bonds is 2. The predicted molar refractivity (Wildman–Crippen MR) is 52.7 cm³/mol. The van der Waals surface area contributed by atoms with Crippen molar-refractivity contribution in [1.29, 1.82) is 0 Å². The van der Waals surface area contributed by atoms with Gasteiger partial charge in [-0.1, -0.05) is 11.6 Å². The number of benzene rings is 1. The highest BCUT2D eigenvalue weighted by Gasteiger charge is 2.13. The summed E-state index contributed by atoms with van der Waals surface area (Å²) < 4.78 is 4.59. The van der Waals surface area contributed by atoms with Crippen molar-refractivity contribution in [3.63, 3.8) is 0 Å². The molecule has 4 nitrogen and oxygen atoms in total. The lowest BCUT2D eigenvalue weighted by Crippen LogP contribution is -2.27. The largest absolute Gasteiger partial charge is 0.448 e. The molecule has 0 fully saturated rings. The van der Waals surface area contributed by atoms with Crippen molar-refractivity contribution in [2.24, 2.45) is 0 Å². The molecule has 1 N–H and O–H groups in total. The molecule has 0 saturated heterocycles. The number of hydrogen-bond donors (Lipinski definition) is 1. The lowest BCUT2D eigenvalue weighted by atomic mass is 10.3. The van der Waals surface area contributed by atoms with Gasteiger partial charge in [0.1, 0.15) is 0 Å². The Kier molecular flexibility index (Phi) is 3.73. The van der Waals surface area contributed by atoms with Crippen LogP contribution in [0.15, 0.2) is 24.3 Å². The molecule has 0 heterocycles. The van der Waals surface area contributed by atoms with E-state index in [1.807, 2.05) is 0 Å². The van der Waals surface area contributed by atoms with Crippen molar-refractivity contribution in [1.82, 2.24) is 0 Å². The SMILES string of the molecule is CCOC(=O)N(O)c1ccc(Cl)cc1. The molecule has 0 radical (unpaired) electrons. The summed E-state index contributed by atoms with van der Waals surface area (Å²) in [4.78, 5) is 11.0. The number of anilines is 1. The molecule has 0 spiro atoms. The third kappa shape index (κ3) is 2.61. The van der Waals surface area contributed by atoms with Crippen molar-refractivity contribution in [2.75, 3.05) is 11.7 Å². The number of nitrogens with zero attached hydrogens (tertiary/aromatic N) is 1. The summed E-state index contributed by atoms with van der Waals surface area (Å²) in [6, 6.07) is 6.16. The van der Waals surface area contributed by atoms with Crippen molar-refractivity contribution in [3.8, 4) is 0 Å². The summed E-state index contributed by atoms with van der Waals surface area (Å²) in [5, 5.41) is 10.3. The Morgan fingerprint density at radius 2 is 2.07 bits per heavy atom. The van der Waals surface area contributed by atoms with Crippen LogP contribution in [0.25, 0.3) is 0 Å². The number of amides is 1. The zero-order chi connectivity index (χ0) is 10.6. The van der Waals surface area contributed by atoms with Crippen LogP contribution in [-0.4, -0.2) is 17.9 Å². The predicted octanol–water partition coefficient (Wildman–Crippen LogP) is 2.69. The van der Waals surface area contributed by atoms with E-state index in [9.17, 15) is 10.0 Å². The zero-order valence-electron chi connectivity index (χ0n) is 7.61. The van der Waals surface area contributed by atoms with Crippen molar-refractivity contribution in [2.45, 2.75) is 6.92 Å². The van der Waals surface area contributed by atoms with E-state index >= 15 is 0 Å². The van der Waals surface area contributed by atoms with Gasteiger partial charge in [0.25, 0.3) is 0 Å². The Balaban J connectivity index is 2.73. The Bertz CT molecular complexity index is 312. The van der Waals surface area contributed by atoms with Crippen LogP contribution in [0.1, 0.15) is 6.92 Å². The lowest BCUT2D eigenvalue weighted by Gasteiger charge is -2.13. The first kappa shape index (κ1) is 10.8. The third-order valence-corrected chi connectivity index (χ3v) is 1.76. The van der Waals surface area contributed by atoms with Gasteiger partial charge >= 0.3 is 6.09 Å². The summed E-state index contributed by atoms with van der Waals surface area (Å²) in [6.07, 6.45) is -0.810. The molecule has 0 aliphatic heterocycles. The molecule has 1 rings (SSSR count). The van der Waals surface area contributed by atoms with E-state index in [0.29, 0.717) is 15.8 Å². The van der Waals surface area contributed by atoms with Gasteiger partial charge in [-0.15, -0.1) is 0 Å². The summed E-state index contributed by atoms with van der Waals surface area (Å²) in [7, 11) is 0. The van der Waals surface area contributed by atoms with Crippen LogP contribution in [0, 0.1) is 0 Å². The summed E-state index contributed by atoms with van der Waals surface area (Å²) in [5.41, 5.74) is 0.313. The van der Waals surface area contributed by atoms with E-state index in [-0.39, 0.29) is 6.61 Å². The maximum absolute atomic E-state index is 11.0. The zero-order valence-corrected chi connectivity index (χ0v) is 8.36. The molecule has 76 valence electrons. The van der Waals surface area contributed by atoms with Crippen LogP contribution in [0.5, 0.6) is 0 Å². The molecule has 0 aliphatic rings. The smallest absolute Gasteiger partial charge is 0.438 e. The average Bonchev–Trinajstić information content (AvgIpc) is 2.18. The molecule has 1 aromatic rings. The molecule has 0 aromatic heterocycles. The normalized spacial score (nSPS) is 9.64. The van der Waals surface area contributed by atoms with Crippen LogP contribution in [0.4, 0.5) is 10.5 Å². The van der Waals surface area contributed by atoms with Gasteiger partial charge in [0.05, 0.1) is 12.3 Å². The average molecular weight is 216 g/mol. The lowest BCUT2D eigenvalue weighted by molar-refractivity contribution is 0.125. The molecule has 0 unspecified atom stereocenters. The van der Waals surface area contributed by atoms with Crippen LogP contribution < -0.4 is 5.06 Å². The quantitative estimate of drug-likeness (QED) is 0.610. The van der Waals surface area contributed by atoms with Crippen molar-refractivity contribution >= 4 is 23.4 Å². The topological polar surface area (TPSA) is 49.8 Å². The molecule has 14 heavy (non-hydrogen) atoms. The van der Waals surface area contributed by atoms with Crippen molar-refractivity contribution in [3.05, 3.63) is 29.3 Å². The standard InChI is InChI=1S/C9H10ClNO3/c1-2-14-9(12)11(13)8-5-3-7(10)4-6-8/h3-6,13H,2H2,1H3. The number of hydroxylamine groups is 1. The van der Waals surface area contributed by atoms with Gasteiger partial charge in [-0.25, -0.2) is 4.79 Å². The maximum atomic E-state index is 11.0. The minimum absolute atomic E-state index is 0.212. The van der Waals surface area contributed by atoms with Crippen LogP contribution >= 0.6 is 11.6 Å². The monoisotopic (exact) mass is 215 g/mol. The molecular weight excluding hydrogens is 206 g/mol. The molecule has 0 aliphatic carbocycles. The second-order valence-corrected chi connectivity index (χ2v) is 2.92. The number of carbonyl (C=O) groups excluding carboxylic acids is 1. The van der Waals surface area contributed by atoms with Gasteiger partial charge in [-0.2, -0.15) is 5.06 Å². The van der Waals surface area contributed by atoms with E-state index in [2.05, 4.69) is 4.74 Å². The van der Waals surface area contributed by atoms with E-state index in [4.69, 9.17) is 11.6 Å². The minimum atomic E-state index is -0.810. The Morgan fingerprint density at radius 1 is 1.50 bits per heavy atom. The van der Waals surface area contributed by atoms with Crippen LogP contribution in [0.3, 0.4) is 0 Å². The van der Waals surface area contributed by atoms with Gasteiger partial charge in [0.2, 0.25) is 0 Å². The Morgan fingerprint density at radius 3 is 2.57 bits per heavy atom. The number of halogens is 1. The van der Waals surface area contributed by atoms with E-state index < -0.39 is 6.09 Å². The minimum Gasteiger partial charge on any atom is -0.448 e. The molecule has 1 amide bonds. The van der Waals surface area contributed by atoms with Gasteiger partial charge in [0.15, 0.2) is 0 Å². The van der Waals surface area contributed by atoms with Crippen molar-refractivity contribution < 1.29 is 14.7 Å². The first-order valence-electron chi connectivity index (χ1n) is 4.06.